The maximum Gasteiger partial charge on any atom is 0.340 e. The summed E-state index contributed by atoms with van der Waals surface area (Å²) in [5.74, 6) is 0.148. The zero-order valence-electron chi connectivity index (χ0n) is 18.9. The topological polar surface area (TPSA) is 48.4 Å². The number of carbonyl (C=O) groups excluding carboxylic acids is 1. The van der Waals surface area contributed by atoms with E-state index in [1.807, 2.05) is 25.3 Å². The average molecular weight is 412 g/mol. The van der Waals surface area contributed by atoms with Crippen LogP contribution in [0.5, 0.6) is 5.75 Å². The second-order valence-electron chi connectivity index (χ2n) is 7.88. The molecule has 0 aliphatic rings. The van der Waals surface area contributed by atoms with Gasteiger partial charge in [0.05, 0.1) is 5.69 Å². The molecule has 0 N–H and O–H groups in total. The molecule has 2 rings (SSSR count). The predicted molar refractivity (Wildman–Crippen MR) is 123 cm³/mol. The van der Waals surface area contributed by atoms with E-state index < -0.39 is 6.10 Å². The molecule has 4 heteroatoms. The molecule has 0 saturated heterocycles. The molecule has 0 saturated carbocycles. The molecule has 0 fully saturated rings. The molecule has 1 aromatic heterocycles. The van der Waals surface area contributed by atoms with E-state index in [2.05, 4.69) is 24.0 Å². The summed E-state index contributed by atoms with van der Waals surface area (Å²) in [7, 11) is 0. The van der Waals surface area contributed by atoms with Crippen LogP contribution in [0.15, 0.2) is 42.6 Å². The van der Waals surface area contributed by atoms with Crippen LogP contribution in [0.4, 0.5) is 0 Å². The van der Waals surface area contributed by atoms with Gasteiger partial charge in [-0.15, -0.1) is 0 Å². The number of carbonyl (C=O) groups is 1. The standard InChI is InChI=1S/C26H37NO3/c1-4-6-7-8-9-10-11-12-22-13-18-25(27-20-22)23-14-16-24(17-15-23)30-26(28)21(3)29-19-5-2/h13-18,20-21H,4-12,19H2,1-3H3/t21-/m0/s1. The number of esters is 1. The summed E-state index contributed by atoms with van der Waals surface area (Å²) in [6, 6.07) is 11.7. The van der Waals surface area contributed by atoms with Gasteiger partial charge in [-0.2, -0.15) is 0 Å². The van der Waals surface area contributed by atoms with Crippen LogP contribution < -0.4 is 4.74 Å². The van der Waals surface area contributed by atoms with E-state index in [-0.39, 0.29) is 5.97 Å². The normalized spacial score (nSPS) is 12.0. The largest absolute Gasteiger partial charge is 0.425 e. The third kappa shape index (κ3) is 8.66. The van der Waals surface area contributed by atoms with Crippen LogP contribution in [0.1, 0.15) is 77.7 Å². The smallest absolute Gasteiger partial charge is 0.340 e. The Morgan fingerprint density at radius 1 is 0.900 bits per heavy atom. The van der Waals surface area contributed by atoms with Crippen molar-refractivity contribution in [1.82, 2.24) is 4.98 Å². The first-order valence-electron chi connectivity index (χ1n) is 11.5. The maximum absolute atomic E-state index is 12.0. The van der Waals surface area contributed by atoms with Gasteiger partial charge >= 0.3 is 5.97 Å². The van der Waals surface area contributed by atoms with Gasteiger partial charge in [-0.25, -0.2) is 4.79 Å². The van der Waals surface area contributed by atoms with E-state index in [4.69, 9.17) is 9.47 Å². The monoisotopic (exact) mass is 411 g/mol. The lowest BCUT2D eigenvalue weighted by Crippen LogP contribution is -2.26. The summed E-state index contributed by atoms with van der Waals surface area (Å²) in [4.78, 5) is 16.6. The number of unbranched alkanes of at least 4 members (excludes halogenated alkanes) is 6. The third-order valence-electron chi connectivity index (χ3n) is 5.17. The van der Waals surface area contributed by atoms with Crippen molar-refractivity contribution in [3.8, 4) is 17.0 Å². The van der Waals surface area contributed by atoms with Gasteiger partial charge in [0.1, 0.15) is 5.75 Å². The Morgan fingerprint density at radius 2 is 1.60 bits per heavy atom. The lowest BCUT2D eigenvalue weighted by atomic mass is 10.0. The van der Waals surface area contributed by atoms with E-state index in [1.54, 1.807) is 19.1 Å². The first-order chi connectivity index (χ1) is 14.6. The number of hydrogen-bond donors (Lipinski definition) is 0. The van der Waals surface area contributed by atoms with Crippen LogP contribution in [0.2, 0.25) is 0 Å². The number of benzene rings is 1. The molecule has 1 atom stereocenters. The molecule has 30 heavy (non-hydrogen) atoms. The van der Waals surface area contributed by atoms with Crippen molar-refractivity contribution >= 4 is 5.97 Å². The zero-order valence-corrected chi connectivity index (χ0v) is 18.9. The number of nitrogens with zero attached hydrogens (tertiary/aromatic N) is 1. The molecule has 0 aliphatic carbocycles. The summed E-state index contributed by atoms with van der Waals surface area (Å²) in [5.41, 5.74) is 3.22. The number of aryl methyl sites for hydroxylation is 1. The molecule has 0 bridgehead atoms. The van der Waals surface area contributed by atoms with E-state index in [0.29, 0.717) is 12.4 Å². The molecular formula is C26H37NO3. The molecule has 1 heterocycles. The highest BCUT2D eigenvalue weighted by Crippen LogP contribution is 2.22. The van der Waals surface area contributed by atoms with Crippen LogP contribution in [0.3, 0.4) is 0 Å². The highest BCUT2D eigenvalue weighted by atomic mass is 16.6. The fraction of sp³-hybridized carbons (Fsp3) is 0.538. The van der Waals surface area contributed by atoms with Crippen molar-refractivity contribution in [2.45, 2.75) is 84.7 Å². The lowest BCUT2D eigenvalue weighted by molar-refractivity contribution is -0.146. The number of rotatable bonds is 14. The van der Waals surface area contributed by atoms with Crippen LogP contribution >= 0.6 is 0 Å². The Kier molecular flexibility index (Phi) is 11.2. The van der Waals surface area contributed by atoms with Gasteiger partial charge in [0, 0.05) is 18.4 Å². The van der Waals surface area contributed by atoms with Crippen molar-refractivity contribution in [2.24, 2.45) is 0 Å². The molecule has 0 radical (unpaired) electrons. The summed E-state index contributed by atoms with van der Waals surface area (Å²) in [6.07, 6.45) is 12.7. The molecule has 0 aliphatic heterocycles. The Balaban J connectivity index is 1.78. The SMILES string of the molecule is CCCCCCCCCc1ccc(-c2ccc(OC(=O)[C@H](C)OCCC)cc2)nc1. The quantitative estimate of drug-likeness (QED) is 0.196. The molecule has 0 unspecified atom stereocenters. The summed E-state index contributed by atoms with van der Waals surface area (Å²) < 4.78 is 10.8. The predicted octanol–water partition coefficient (Wildman–Crippen LogP) is 6.76. The van der Waals surface area contributed by atoms with E-state index in [0.717, 1.165) is 24.1 Å². The van der Waals surface area contributed by atoms with Crippen molar-refractivity contribution in [3.05, 3.63) is 48.2 Å². The van der Waals surface area contributed by atoms with Gasteiger partial charge in [-0.1, -0.05) is 58.4 Å². The minimum Gasteiger partial charge on any atom is -0.425 e. The van der Waals surface area contributed by atoms with Crippen molar-refractivity contribution in [2.75, 3.05) is 6.61 Å². The molecular weight excluding hydrogens is 374 g/mol. The molecule has 1 aromatic carbocycles. The highest BCUT2D eigenvalue weighted by Gasteiger charge is 2.15. The first-order valence-corrected chi connectivity index (χ1v) is 11.5. The van der Waals surface area contributed by atoms with Crippen molar-refractivity contribution < 1.29 is 14.3 Å². The maximum atomic E-state index is 12.0. The lowest BCUT2D eigenvalue weighted by Gasteiger charge is -2.12. The number of ether oxygens (including phenoxy) is 2. The second kappa shape index (κ2) is 13.9. The fourth-order valence-electron chi connectivity index (χ4n) is 3.28. The van der Waals surface area contributed by atoms with Gasteiger partial charge in [0.15, 0.2) is 6.10 Å². The Labute approximate surface area is 182 Å². The third-order valence-corrected chi connectivity index (χ3v) is 5.17. The summed E-state index contributed by atoms with van der Waals surface area (Å²) in [5, 5.41) is 0. The van der Waals surface area contributed by atoms with Gasteiger partial charge in [0.25, 0.3) is 0 Å². The average Bonchev–Trinajstić information content (AvgIpc) is 2.77. The number of pyridine rings is 1. The molecule has 0 spiro atoms. The van der Waals surface area contributed by atoms with Gasteiger partial charge < -0.3 is 9.47 Å². The Bertz CT molecular complexity index is 725. The van der Waals surface area contributed by atoms with Crippen LogP contribution in [0, 0.1) is 0 Å². The molecule has 0 amide bonds. The zero-order chi connectivity index (χ0) is 21.6. The number of aromatic nitrogens is 1. The first kappa shape index (κ1) is 24.1. The fourth-order valence-corrected chi connectivity index (χ4v) is 3.28. The minimum absolute atomic E-state index is 0.371. The minimum atomic E-state index is -0.560. The van der Waals surface area contributed by atoms with E-state index in [1.165, 1.54) is 50.5 Å². The van der Waals surface area contributed by atoms with Gasteiger partial charge in [-0.3, -0.25) is 4.98 Å². The van der Waals surface area contributed by atoms with Crippen molar-refractivity contribution in [1.29, 1.82) is 0 Å². The number of hydrogen-bond acceptors (Lipinski definition) is 4. The molecule has 164 valence electrons. The van der Waals surface area contributed by atoms with Gasteiger partial charge in [-0.05, 0) is 62.1 Å². The van der Waals surface area contributed by atoms with Crippen LogP contribution in [0.25, 0.3) is 11.3 Å². The van der Waals surface area contributed by atoms with Crippen LogP contribution in [-0.2, 0) is 16.0 Å². The highest BCUT2D eigenvalue weighted by molar-refractivity contribution is 5.77. The second-order valence-corrected chi connectivity index (χ2v) is 7.88. The molecule has 4 nitrogen and oxygen atoms in total. The van der Waals surface area contributed by atoms with E-state index in [9.17, 15) is 4.79 Å². The van der Waals surface area contributed by atoms with Crippen molar-refractivity contribution in [3.63, 3.8) is 0 Å². The Morgan fingerprint density at radius 3 is 2.23 bits per heavy atom. The summed E-state index contributed by atoms with van der Waals surface area (Å²) >= 11 is 0. The Hall–Kier alpha value is -2.20. The summed E-state index contributed by atoms with van der Waals surface area (Å²) in [6.45, 7) is 6.53. The van der Waals surface area contributed by atoms with Gasteiger partial charge in [0.2, 0.25) is 0 Å². The van der Waals surface area contributed by atoms with E-state index >= 15 is 0 Å². The van der Waals surface area contributed by atoms with Crippen LogP contribution in [-0.4, -0.2) is 23.7 Å². The molecule has 2 aromatic rings.